The van der Waals surface area contributed by atoms with Crippen molar-refractivity contribution < 1.29 is 9.72 Å². The minimum absolute atomic E-state index is 0.137. The average molecular weight is 330 g/mol. The number of carbonyl (C=O) groups is 1. The zero-order chi connectivity index (χ0) is 14.8. The van der Waals surface area contributed by atoms with Crippen LogP contribution < -0.4 is 11.1 Å². The van der Waals surface area contributed by atoms with Gasteiger partial charge in [-0.3, -0.25) is 14.9 Å². The number of hydrogen-bond donors (Lipinski definition) is 2. The molecular weight excluding hydrogens is 314 g/mol. The van der Waals surface area contributed by atoms with E-state index in [9.17, 15) is 14.9 Å². The van der Waals surface area contributed by atoms with Crippen LogP contribution in [0.2, 0.25) is 0 Å². The van der Waals surface area contributed by atoms with Crippen LogP contribution in [0, 0.1) is 15.5 Å². The van der Waals surface area contributed by atoms with E-state index in [0.29, 0.717) is 4.47 Å². The van der Waals surface area contributed by atoms with Gasteiger partial charge in [0, 0.05) is 10.5 Å². The van der Waals surface area contributed by atoms with Gasteiger partial charge in [0.05, 0.1) is 11.0 Å². The number of carbonyl (C=O) groups excluding carboxylic acids is 1. The Morgan fingerprint density at radius 3 is 2.53 bits per heavy atom. The molecule has 0 aromatic heterocycles. The van der Waals surface area contributed by atoms with Crippen molar-refractivity contribution >= 4 is 33.2 Å². The second-order valence-electron chi connectivity index (χ2n) is 5.25. The normalized spacial score (nSPS) is 12.9. The minimum atomic E-state index is -0.754. The monoisotopic (exact) mass is 329 g/mol. The second kappa shape index (κ2) is 5.66. The predicted molar refractivity (Wildman–Crippen MR) is 76.9 cm³/mol. The summed E-state index contributed by atoms with van der Waals surface area (Å²) in [5.74, 6) is -0.446. The molecular formula is C12H16BrN3O3. The Labute approximate surface area is 119 Å². The molecule has 1 amide bonds. The van der Waals surface area contributed by atoms with Crippen LogP contribution in [0.25, 0.3) is 0 Å². The van der Waals surface area contributed by atoms with Crippen LogP contribution in [0.3, 0.4) is 0 Å². The molecule has 0 aliphatic rings. The Morgan fingerprint density at radius 1 is 1.47 bits per heavy atom. The number of benzene rings is 1. The van der Waals surface area contributed by atoms with E-state index >= 15 is 0 Å². The predicted octanol–water partition coefficient (Wildman–Crippen LogP) is 2.67. The molecule has 3 N–H and O–H groups in total. The van der Waals surface area contributed by atoms with Crippen LogP contribution in [0.1, 0.15) is 20.8 Å². The van der Waals surface area contributed by atoms with Gasteiger partial charge in [0.25, 0.3) is 5.69 Å². The number of rotatable bonds is 3. The number of nitro benzene ring substituents is 1. The van der Waals surface area contributed by atoms with Crippen molar-refractivity contribution in [2.24, 2.45) is 11.1 Å². The van der Waals surface area contributed by atoms with E-state index in [4.69, 9.17) is 5.73 Å². The first kappa shape index (κ1) is 15.6. The lowest BCUT2D eigenvalue weighted by Crippen LogP contribution is -2.45. The summed E-state index contributed by atoms with van der Waals surface area (Å²) in [6, 6.07) is 3.66. The van der Waals surface area contributed by atoms with Crippen LogP contribution in [-0.2, 0) is 4.79 Å². The zero-order valence-corrected chi connectivity index (χ0v) is 12.5. The molecule has 0 fully saturated rings. The average Bonchev–Trinajstić information content (AvgIpc) is 2.28. The summed E-state index contributed by atoms with van der Waals surface area (Å²) in [5.41, 5.74) is 5.34. The van der Waals surface area contributed by atoms with Crippen LogP contribution in [0.15, 0.2) is 22.7 Å². The highest BCUT2D eigenvalue weighted by atomic mass is 79.9. The summed E-state index contributed by atoms with van der Waals surface area (Å²) in [7, 11) is 0. The van der Waals surface area contributed by atoms with Gasteiger partial charge in [-0.15, -0.1) is 0 Å². The third-order valence-corrected chi connectivity index (χ3v) is 3.12. The van der Waals surface area contributed by atoms with Crippen molar-refractivity contribution in [2.75, 3.05) is 5.32 Å². The Balaban J connectivity index is 3.00. The molecule has 19 heavy (non-hydrogen) atoms. The summed E-state index contributed by atoms with van der Waals surface area (Å²) in [4.78, 5) is 22.3. The van der Waals surface area contributed by atoms with Gasteiger partial charge in [0.1, 0.15) is 5.69 Å². The summed E-state index contributed by atoms with van der Waals surface area (Å²) in [5, 5.41) is 13.4. The van der Waals surface area contributed by atoms with Gasteiger partial charge < -0.3 is 11.1 Å². The maximum Gasteiger partial charge on any atom is 0.293 e. The molecule has 0 bridgehead atoms. The molecule has 1 aromatic carbocycles. The highest BCUT2D eigenvalue weighted by molar-refractivity contribution is 9.10. The molecule has 7 heteroatoms. The topological polar surface area (TPSA) is 98.3 Å². The number of amides is 1. The highest BCUT2D eigenvalue weighted by Gasteiger charge is 2.28. The maximum absolute atomic E-state index is 11.9. The van der Waals surface area contributed by atoms with Crippen molar-refractivity contribution in [1.82, 2.24) is 0 Å². The van der Waals surface area contributed by atoms with Gasteiger partial charge >= 0.3 is 0 Å². The van der Waals surface area contributed by atoms with Gasteiger partial charge in [0.2, 0.25) is 5.91 Å². The first-order valence-corrected chi connectivity index (χ1v) is 6.42. The molecule has 0 aliphatic heterocycles. The highest BCUT2D eigenvalue weighted by Crippen LogP contribution is 2.28. The van der Waals surface area contributed by atoms with Gasteiger partial charge in [-0.1, -0.05) is 36.7 Å². The fourth-order valence-corrected chi connectivity index (χ4v) is 1.71. The molecule has 6 nitrogen and oxygen atoms in total. The van der Waals surface area contributed by atoms with E-state index in [1.54, 1.807) is 6.07 Å². The number of halogens is 1. The molecule has 1 atom stereocenters. The van der Waals surface area contributed by atoms with Crippen molar-refractivity contribution in [3.8, 4) is 0 Å². The first-order chi connectivity index (χ1) is 8.62. The van der Waals surface area contributed by atoms with E-state index in [0.717, 1.165) is 0 Å². The molecule has 0 unspecified atom stereocenters. The Hall–Kier alpha value is -1.47. The number of nitro groups is 1. The number of nitrogens with zero attached hydrogens (tertiary/aromatic N) is 1. The van der Waals surface area contributed by atoms with E-state index in [-0.39, 0.29) is 11.4 Å². The van der Waals surface area contributed by atoms with Crippen LogP contribution in [0.5, 0.6) is 0 Å². The summed E-state index contributed by atoms with van der Waals surface area (Å²) < 4.78 is 0.567. The Morgan fingerprint density at radius 2 is 2.05 bits per heavy atom. The third-order valence-electron chi connectivity index (χ3n) is 2.63. The fraction of sp³-hybridized carbons (Fsp3) is 0.417. The maximum atomic E-state index is 11.9. The van der Waals surface area contributed by atoms with E-state index in [2.05, 4.69) is 21.2 Å². The second-order valence-corrected chi connectivity index (χ2v) is 6.17. The van der Waals surface area contributed by atoms with E-state index in [1.165, 1.54) is 12.1 Å². The van der Waals surface area contributed by atoms with Gasteiger partial charge in [-0.05, 0) is 17.5 Å². The van der Waals surface area contributed by atoms with Gasteiger partial charge in [-0.2, -0.15) is 0 Å². The zero-order valence-electron chi connectivity index (χ0n) is 10.9. The lowest BCUT2D eigenvalue weighted by atomic mass is 9.87. The molecule has 0 saturated carbocycles. The number of nitrogens with one attached hydrogen (secondary N) is 1. The standard InChI is InChI=1S/C12H16BrN3O3/c1-12(2,3)10(14)11(17)15-8-5-4-7(13)6-9(8)16(18)19/h4-6,10H,14H2,1-3H3,(H,15,17)/t10-/m1/s1. The number of hydrogen-bond acceptors (Lipinski definition) is 4. The molecule has 0 aliphatic carbocycles. The summed E-state index contributed by atoms with van der Waals surface area (Å²) in [6.07, 6.45) is 0. The SMILES string of the molecule is CC(C)(C)[C@H](N)C(=O)Nc1ccc(Br)cc1[N+](=O)[O-]. The fourth-order valence-electron chi connectivity index (χ4n) is 1.37. The molecule has 0 heterocycles. The van der Waals surface area contributed by atoms with Crippen molar-refractivity contribution in [1.29, 1.82) is 0 Å². The minimum Gasteiger partial charge on any atom is -0.319 e. The molecule has 1 rings (SSSR count). The quantitative estimate of drug-likeness (QED) is 0.657. The smallest absolute Gasteiger partial charge is 0.293 e. The lowest BCUT2D eigenvalue weighted by molar-refractivity contribution is -0.384. The molecule has 0 spiro atoms. The van der Waals surface area contributed by atoms with Crippen molar-refractivity contribution in [3.63, 3.8) is 0 Å². The number of anilines is 1. The first-order valence-electron chi connectivity index (χ1n) is 5.63. The van der Waals surface area contributed by atoms with E-state index in [1.807, 2.05) is 20.8 Å². The largest absolute Gasteiger partial charge is 0.319 e. The summed E-state index contributed by atoms with van der Waals surface area (Å²) >= 11 is 3.15. The molecule has 104 valence electrons. The molecule has 1 aromatic rings. The van der Waals surface area contributed by atoms with Crippen LogP contribution in [-0.4, -0.2) is 16.9 Å². The molecule has 0 radical (unpaired) electrons. The molecule has 0 saturated heterocycles. The van der Waals surface area contributed by atoms with Crippen molar-refractivity contribution in [3.05, 3.63) is 32.8 Å². The van der Waals surface area contributed by atoms with Gasteiger partial charge in [-0.25, -0.2) is 0 Å². The van der Waals surface area contributed by atoms with E-state index < -0.39 is 22.3 Å². The lowest BCUT2D eigenvalue weighted by Gasteiger charge is -2.25. The van der Waals surface area contributed by atoms with Crippen LogP contribution in [0.4, 0.5) is 11.4 Å². The van der Waals surface area contributed by atoms with Crippen LogP contribution >= 0.6 is 15.9 Å². The Kier molecular flexibility index (Phi) is 4.65. The third kappa shape index (κ3) is 4.00. The van der Waals surface area contributed by atoms with Crippen molar-refractivity contribution in [2.45, 2.75) is 26.8 Å². The summed E-state index contributed by atoms with van der Waals surface area (Å²) in [6.45, 7) is 5.48. The Bertz CT molecular complexity index is 511. The van der Waals surface area contributed by atoms with Gasteiger partial charge in [0.15, 0.2) is 0 Å². The number of nitrogens with two attached hydrogens (primary N) is 1.